The predicted octanol–water partition coefficient (Wildman–Crippen LogP) is 1.81. The van der Waals surface area contributed by atoms with Crippen LogP contribution in [0.5, 0.6) is 0 Å². The average molecular weight is 300 g/mol. The summed E-state index contributed by atoms with van der Waals surface area (Å²) >= 11 is 0. The molecular weight excluding hydrogens is 268 g/mol. The van der Waals surface area contributed by atoms with E-state index in [-0.39, 0.29) is 12.0 Å². The molecule has 1 heterocycles. The molecule has 2 unspecified atom stereocenters. The van der Waals surface area contributed by atoms with Gasteiger partial charge in [0.2, 0.25) is 0 Å². The molecular formula is C16H32N2O3. The fourth-order valence-corrected chi connectivity index (χ4v) is 2.89. The maximum absolute atomic E-state index is 12.2. The van der Waals surface area contributed by atoms with Crippen LogP contribution in [0.1, 0.15) is 47.0 Å². The van der Waals surface area contributed by atoms with Gasteiger partial charge in [0.1, 0.15) is 5.54 Å². The van der Waals surface area contributed by atoms with Gasteiger partial charge in [0.25, 0.3) is 0 Å². The summed E-state index contributed by atoms with van der Waals surface area (Å²) in [6.45, 7) is 11.0. The fraction of sp³-hybridized carbons (Fsp3) is 0.938. The first-order valence-corrected chi connectivity index (χ1v) is 8.12. The second-order valence-corrected chi connectivity index (χ2v) is 6.45. The smallest absolute Gasteiger partial charge is 0.326 e. The lowest BCUT2D eigenvalue weighted by molar-refractivity contribution is -0.151. The number of likely N-dealkylation sites (N-methyl/N-ethyl adjacent to an activating group) is 1. The van der Waals surface area contributed by atoms with Gasteiger partial charge in [-0.1, -0.05) is 0 Å². The molecule has 0 aromatic rings. The number of nitrogens with one attached hydrogen (secondary N) is 1. The number of hydrogen-bond acceptors (Lipinski definition) is 5. The standard InChI is InChI=1S/C16H32N2O3/c1-6-21-15(19)16(4,17-13(2)3)9-7-10-18(5)14-8-11-20-12-14/h13-14,17H,6-12H2,1-5H3. The monoisotopic (exact) mass is 300 g/mol. The van der Waals surface area contributed by atoms with E-state index in [2.05, 4.69) is 31.1 Å². The van der Waals surface area contributed by atoms with Crippen molar-refractivity contribution in [2.75, 3.05) is 33.4 Å². The van der Waals surface area contributed by atoms with Gasteiger partial charge < -0.3 is 14.4 Å². The Hall–Kier alpha value is -0.650. The zero-order valence-electron chi connectivity index (χ0n) is 14.3. The Kier molecular flexibility index (Phi) is 7.63. The maximum atomic E-state index is 12.2. The highest BCUT2D eigenvalue weighted by atomic mass is 16.5. The zero-order chi connectivity index (χ0) is 15.9. The summed E-state index contributed by atoms with van der Waals surface area (Å²) in [4.78, 5) is 14.6. The molecule has 0 radical (unpaired) electrons. The minimum atomic E-state index is -0.600. The second kappa shape index (κ2) is 8.71. The third-order valence-corrected chi connectivity index (χ3v) is 4.05. The summed E-state index contributed by atoms with van der Waals surface area (Å²) in [6, 6.07) is 0.775. The lowest BCUT2D eigenvalue weighted by Crippen LogP contribution is -2.53. The minimum absolute atomic E-state index is 0.148. The first-order chi connectivity index (χ1) is 9.89. The van der Waals surface area contributed by atoms with Gasteiger partial charge in [0, 0.05) is 18.7 Å². The van der Waals surface area contributed by atoms with Crippen LogP contribution in [-0.2, 0) is 14.3 Å². The molecule has 0 spiro atoms. The molecule has 1 saturated heterocycles. The van der Waals surface area contributed by atoms with E-state index in [0.717, 1.165) is 39.0 Å². The van der Waals surface area contributed by atoms with Gasteiger partial charge in [0.05, 0.1) is 13.2 Å². The Balaban J connectivity index is 2.46. The normalized spacial score (nSPS) is 21.8. The molecule has 0 aromatic heterocycles. The van der Waals surface area contributed by atoms with Gasteiger partial charge in [0.15, 0.2) is 0 Å². The van der Waals surface area contributed by atoms with Crippen LogP contribution in [-0.4, -0.2) is 61.9 Å². The summed E-state index contributed by atoms with van der Waals surface area (Å²) in [7, 11) is 2.14. The molecule has 124 valence electrons. The largest absolute Gasteiger partial charge is 0.465 e. The quantitative estimate of drug-likeness (QED) is 0.658. The predicted molar refractivity (Wildman–Crippen MR) is 84.4 cm³/mol. The fourth-order valence-electron chi connectivity index (χ4n) is 2.89. The molecule has 5 heteroatoms. The SMILES string of the molecule is CCOC(=O)C(C)(CCCN(C)C1CCOC1)NC(C)C. The van der Waals surface area contributed by atoms with Crippen LogP contribution >= 0.6 is 0 Å². The van der Waals surface area contributed by atoms with Gasteiger partial charge in [-0.25, -0.2) is 0 Å². The third kappa shape index (κ3) is 5.93. The summed E-state index contributed by atoms with van der Waals surface area (Å²) in [5.74, 6) is -0.148. The topological polar surface area (TPSA) is 50.8 Å². The van der Waals surface area contributed by atoms with E-state index in [1.165, 1.54) is 0 Å². The van der Waals surface area contributed by atoms with Gasteiger partial charge in [-0.15, -0.1) is 0 Å². The van der Waals surface area contributed by atoms with E-state index in [4.69, 9.17) is 9.47 Å². The summed E-state index contributed by atoms with van der Waals surface area (Å²) < 4.78 is 10.7. The Labute approximate surface area is 129 Å². The van der Waals surface area contributed by atoms with Crippen LogP contribution in [0.3, 0.4) is 0 Å². The van der Waals surface area contributed by atoms with Crippen molar-refractivity contribution in [2.24, 2.45) is 0 Å². The number of esters is 1. The third-order valence-electron chi connectivity index (χ3n) is 4.05. The van der Waals surface area contributed by atoms with Crippen molar-refractivity contribution in [1.29, 1.82) is 0 Å². The van der Waals surface area contributed by atoms with Gasteiger partial charge >= 0.3 is 5.97 Å². The molecule has 1 fully saturated rings. The van der Waals surface area contributed by atoms with Crippen molar-refractivity contribution in [1.82, 2.24) is 10.2 Å². The van der Waals surface area contributed by atoms with Crippen LogP contribution in [0.2, 0.25) is 0 Å². The van der Waals surface area contributed by atoms with Crippen molar-refractivity contribution in [3.05, 3.63) is 0 Å². The van der Waals surface area contributed by atoms with E-state index in [0.29, 0.717) is 12.6 Å². The highest BCUT2D eigenvalue weighted by molar-refractivity contribution is 5.80. The van der Waals surface area contributed by atoms with Crippen LogP contribution in [0.15, 0.2) is 0 Å². The number of rotatable bonds is 9. The lowest BCUT2D eigenvalue weighted by atomic mass is 9.94. The van der Waals surface area contributed by atoms with Gasteiger partial charge in [-0.3, -0.25) is 10.1 Å². The first kappa shape index (κ1) is 18.4. The Bertz CT molecular complexity index is 317. The van der Waals surface area contributed by atoms with Crippen LogP contribution in [0, 0.1) is 0 Å². The molecule has 5 nitrogen and oxygen atoms in total. The molecule has 1 N–H and O–H groups in total. The molecule has 1 aliphatic heterocycles. The number of carbonyl (C=O) groups excluding carboxylic acids is 1. The van der Waals surface area contributed by atoms with Crippen LogP contribution in [0.4, 0.5) is 0 Å². The highest BCUT2D eigenvalue weighted by Crippen LogP contribution is 2.18. The van der Waals surface area contributed by atoms with E-state index in [1.54, 1.807) is 0 Å². The van der Waals surface area contributed by atoms with Crippen molar-refractivity contribution in [3.63, 3.8) is 0 Å². The molecule has 21 heavy (non-hydrogen) atoms. The zero-order valence-corrected chi connectivity index (χ0v) is 14.3. The van der Waals surface area contributed by atoms with E-state index < -0.39 is 5.54 Å². The summed E-state index contributed by atoms with van der Waals surface area (Å²) in [5.41, 5.74) is -0.600. The second-order valence-electron chi connectivity index (χ2n) is 6.45. The molecule has 0 aliphatic carbocycles. The van der Waals surface area contributed by atoms with E-state index in [1.807, 2.05) is 13.8 Å². The number of hydrogen-bond donors (Lipinski definition) is 1. The lowest BCUT2D eigenvalue weighted by Gasteiger charge is -2.32. The average Bonchev–Trinajstić information content (AvgIpc) is 2.91. The van der Waals surface area contributed by atoms with Gasteiger partial charge in [-0.05, 0) is 60.5 Å². The number of ether oxygens (including phenoxy) is 2. The maximum Gasteiger partial charge on any atom is 0.326 e. The summed E-state index contributed by atoms with van der Waals surface area (Å²) in [6.07, 6.45) is 2.85. The Morgan fingerprint density at radius 3 is 2.76 bits per heavy atom. The van der Waals surface area contributed by atoms with Crippen LogP contribution < -0.4 is 5.32 Å². The summed E-state index contributed by atoms with van der Waals surface area (Å²) in [5, 5.41) is 3.37. The molecule has 0 aromatic carbocycles. The minimum Gasteiger partial charge on any atom is -0.465 e. The molecule has 0 amide bonds. The molecule has 1 aliphatic rings. The highest BCUT2D eigenvalue weighted by Gasteiger charge is 2.34. The number of carbonyl (C=O) groups is 1. The van der Waals surface area contributed by atoms with E-state index in [9.17, 15) is 4.79 Å². The first-order valence-electron chi connectivity index (χ1n) is 8.12. The Morgan fingerprint density at radius 2 is 2.24 bits per heavy atom. The Morgan fingerprint density at radius 1 is 1.52 bits per heavy atom. The molecule has 0 bridgehead atoms. The number of nitrogens with zero attached hydrogens (tertiary/aromatic N) is 1. The van der Waals surface area contributed by atoms with E-state index >= 15 is 0 Å². The molecule has 1 rings (SSSR count). The van der Waals surface area contributed by atoms with Crippen molar-refractivity contribution >= 4 is 5.97 Å². The van der Waals surface area contributed by atoms with Gasteiger partial charge in [-0.2, -0.15) is 0 Å². The van der Waals surface area contributed by atoms with Crippen LogP contribution in [0.25, 0.3) is 0 Å². The van der Waals surface area contributed by atoms with Crippen molar-refractivity contribution in [2.45, 2.75) is 64.6 Å². The van der Waals surface area contributed by atoms with Crippen molar-refractivity contribution < 1.29 is 14.3 Å². The molecule has 2 atom stereocenters. The molecule has 0 saturated carbocycles. The van der Waals surface area contributed by atoms with Crippen molar-refractivity contribution in [3.8, 4) is 0 Å².